The van der Waals surface area contributed by atoms with Gasteiger partial charge in [-0.2, -0.15) is 0 Å². The third kappa shape index (κ3) is 5.75. The molecular formula is C15H25N3O. The summed E-state index contributed by atoms with van der Waals surface area (Å²) in [5, 5.41) is 2.85. The zero-order valence-corrected chi connectivity index (χ0v) is 12.4. The van der Waals surface area contributed by atoms with Gasteiger partial charge in [0.1, 0.15) is 0 Å². The van der Waals surface area contributed by atoms with Gasteiger partial charge in [-0.15, -0.1) is 0 Å². The van der Waals surface area contributed by atoms with Gasteiger partial charge in [0, 0.05) is 0 Å². The van der Waals surface area contributed by atoms with Crippen molar-refractivity contribution in [2.24, 2.45) is 5.92 Å². The van der Waals surface area contributed by atoms with Gasteiger partial charge < -0.3 is 11.1 Å². The number of carbonyl (C=O) groups excluding carboxylic acids is 1. The Morgan fingerprint density at radius 3 is 2.68 bits per heavy atom. The molecule has 3 N–H and O–H groups in total. The van der Waals surface area contributed by atoms with E-state index in [-0.39, 0.29) is 5.91 Å². The van der Waals surface area contributed by atoms with E-state index in [2.05, 4.69) is 19.2 Å². The van der Waals surface area contributed by atoms with E-state index in [9.17, 15) is 4.79 Å². The summed E-state index contributed by atoms with van der Waals surface area (Å²) in [5.74, 6) is 0.625. The molecule has 0 aliphatic rings. The minimum absolute atomic E-state index is 0.0261. The van der Waals surface area contributed by atoms with E-state index in [4.69, 9.17) is 5.73 Å². The zero-order valence-electron chi connectivity index (χ0n) is 12.4. The number of amides is 1. The van der Waals surface area contributed by atoms with Crippen LogP contribution in [0.1, 0.15) is 25.8 Å². The van der Waals surface area contributed by atoms with E-state index >= 15 is 0 Å². The van der Waals surface area contributed by atoms with Crippen molar-refractivity contribution < 1.29 is 4.79 Å². The maximum atomic E-state index is 11.9. The average Bonchev–Trinajstić information content (AvgIpc) is 2.30. The number of carbonyl (C=O) groups is 1. The second-order valence-electron chi connectivity index (χ2n) is 5.56. The summed E-state index contributed by atoms with van der Waals surface area (Å²) in [6.45, 7) is 7.65. The molecule has 19 heavy (non-hydrogen) atoms. The minimum atomic E-state index is -0.0261. The van der Waals surface area contributed by atoms with Gasteiger partial charge >= 0.3 is 0 Å². The van der Waals surface area contributed by atoms with E-state index in [1.54, 1.807) is 0 Å². The summed E-state index contributed by atoms with van der Waals surface area (Å²) in [4.78, 5) is 13.9. The molecule has 0 aliphatic carbocycles. The first-order valence-electron chi connectivity index (χ1n) is 6.73. The summed E-state index contributed by atoms with van der Waals surface area (Å²) in [6, 6.07) is 5.64. The SMILES string of the molecule is Cc1ccc(NC(=O)CN(C)CCC(C)C)c(N)c1. The van der Waals surface area contributed by atoms with Crippen LogP contribution in [0, 0.1) is 12.8 Å². The van der Waals surface area contributed by atoms with Gasteiger partial charge in [0.15, 0.2) is 0 Å². The normalized spacial score (nSPS) is 11.1. The highest BCUT2D eigenvalue weighted by Gasteiger charge is 2.09. The van der Waals surface area contributed by atoms with E-state index in [0.29, 0.717) is 23.8 Å². The zero-order chi connectivity index (χ0) is 14.4. The molecule has 0 aromatic heterocycles. The molecule has 0 heterocycles. The number of nitrogen functional groups attached to an aromatic ring is 1. The van der Waals surface area contributed by atoms with Crippen LogP contribution in [0.5, 0.6) is 0 Å². The van der Waals surface area contributed by atoms with Crippen molar-refractivity contribution in [1.82, 2.24) is 4.90 Å². The Morgan fingerprint density at radius 2 is 2.11 bits per heavy atom. The Labute approximate surface area is 116 Å². The largest absolute Gasteiger partial charge is 0.397 e. The molecule has 0 bridgehead atoms. The molecule has 0 unspecified atom stereocenters. The molecule has 0 aliphatic heterocycles. The number of benzene rings is 1. The lowest BCUT2D eigenvalue weighted by molar-refractivity contribution is -0.117. The number of hydrogen-bond donors (Lipinski definition) is 2. The van der Waals surface area contributed by atoms with E-state index in [1.807, 2.05) is 37.1 Å². The van der Waals surface area contributed by atoms with Gasteiger partial charge in [0.05, 0.1) is 17.9 Å². The predicted molar refractivity (Wildman–Crippen MR) is 81.2 cm³/mol. The van der Waals surface area contributed by atoms with E-state index in [1.165, 1.54) is 0 Å². The Balaban J connectivity index is 2.46. The number of nitrogens with zero attached hydrogens (tertiary/aromatic N) is 1. The Kier molecular flexibility index (Phi) is 5.83. The van der Waals surface area contributed by atoms with E-state index < -0.39 is 0 Å². The molecular weight excluding hydrogens is 238 g/mol. The summed E-state index contributed by atoms with van der Waals surface area (Å²) < 4.78 is 0. The van der Waals surface area contributed by atoms with Crippen LogP contribution in [0.3, 0.4) is 0 Å². The van der Waals surface area contributed by atoms with Crippen molar-refractivity contribution in [2.45, 2.75) is 27.2 Å². The summed E-state index contributed by atoms with van der Waals surface area (Å²) in [7, 11) is 1.96. The summed E-state index contributed by atoms with van der Waals surface area (Å²) in [6.07, 6.45) is 1.09. The minimum Gasteiger partial charge on any atom is -0.397 e. The van der Waals surface area contributed by atoms with Crippen LogP contribution in [0.25, 0.3) is 0 Å². The fourth-order valence-electron chi connectivity index (χ4n) is 1.79. The maximum Gasteiger partial charge on any atom is 0.238 e. The van der Waals surface area contributed by atoms with Crippen LogP contribution < -0.4 is 11.1 Å². The second kappa shape index (κ2) is 7.14. The molecule has 0 atom stereocenters. The Morgan fingerprint density at radius 1 is 1.42 bits per heavy atom. The number of anilines is 2. The molecule has 1 aromatic carbocycles. The van der Waals surface area contributed by atoms with Crippen LogP contribution in [-0.4, -0.2) is 30.9 Å². The van der Waals surface area contributed by atoms with Gasteiger partial charge in [-0.3, -0.25) is 9.69 Å². The highest BCUT2D eigenvalue weighted by Crippen LogP contribution is 2.19. The number of aryl methyl sites for hydroxylation is 1. The predicted octanol–water partition coefficient (Wildman–Crippen LogP) is 2.49. The van der Waals surface area contributed by atoms with Crippen molar-refractivity contribution in [3.63, 3.8) is 0 Å². The molecule has 0 saturated heterocycles. The first-order chi connectivity index (χ1) is 8.88. The van der Waals surface area contributed by atoms with Crippen LogP contribution >= 0.6 is 0 Å². The topological polar surface area (TPSA) is 58.4 Å². The smallest absolute Gasteiger partial charge is 0.238 e. The lowest BCUT2D eigenvalue weighted by atomic mass is 10.1. The lowest BCUT2D eigenvalue weighted by Crippen LogP contribution is -2.31. The standard InChI is InChI=1S/C15H25N3O/c1-11(2)7-8-18(4)10-15(19)17-14-6-5-12(3)9-13(14)16/h5-6,9,11H,7-8,10,16H2,1-4H3,(H,17,19). The van der Waals surface area contributed by atoms with Crippen molar-refractivity contribution >= 4 is 17.3 Å². The third-order valence-corrected chi connectivity index (χ3v) is 2.98. The number of rotatable bonds is 6. The van der Waals surface area contributed by atoms with Gasteiger partial charge in [-0.25, -0.2) is 0 Å². The van der Waals surface area contributed by atoms with Gasteiger partial charge in [0.2, 0.25) is 5.91 Å². The molecule has 4 nitrogen and oxygen atoms in total. The monoisotopic (exact) mass is 263 g/mol. The van der Waals surface area contributed by atoms with Gasteiger partial charge in [-0.1, -0.05) is 19.9 Å². The first-order valence-corrected chi connectivity index (χ1v) is 6.73. The Hall–Kier alpha value is -1.55. The van der Waals surface area contributed by atoms with Crippen LogP contribution in [0.15, 0.2) is 18.2 Å². The van der Waals surface area contributed by atoms with Gasteiger partial charge in [0.25, 0.3) is 0 Å². The van der Waals surface area contributed by atoms with Crippen molar-refractivity contribution in [3.05, 3.63) is 23.8 Å². The van der Waals surface area contributed by atoms with Crippen LogP contribution in [0.2, 0.25) is 0 Å². The summed E-state index contributed by atoms with van der Waals surface area (Å²) in [5.41, 5.74) is 8.26. The molecule has 1 amide bonds. The fourth-order valence-corrected chi connectivity index (χ4v) is 1.79. The van der Waals surface area contributed by atoms with Crippen molar-refractivity contribution in [1.29, 1.82) is 0 Å². The number of nitrogens with two attached hydrogens (primary N) is 1. The van der Waals surface area contributed by atoms with E-state index in [0.717, 1.165) is 18.5 Å². The molecule has 106 valence electrons. The van der Waals surface area contributed by atoms with Crippen LogP contribution in [-0.2, 0) is 4.79 Å². The number of nitrogens with one attached hydrogen (secondary N) is 1. The second-order valence-corrected chi connectivity index (χ2v) is 5.56. The van der Waals surface area contributed by atoms with Crippen molar-refractivity contribution in [3.8, 4) is 0 Å². The quantitative estimate of drug-likeness (QED) is 0.775. The molecule has 0 radical (unpaired) electrons. The third-order valence-electron chi connectivity index (χ3n) is 2.98. The highest BCUT2D eigenvalue weighted by molar-refractivity contribution is 5.95. The Bertz CT molecular complexity index is 429. The molecule has 1 rings (SSSR count). The fraction of sp³-hybridized carbons (Fsp3) is 0.533. The molecule has 4 heteroatoms. The number of hydrogen-bond acceptors (Lipinski definition) is 3. The van der Waals surface area contributed by atoms with Crippen molar-refractivity contribution in [2.75, 3.05) is 31.2 Å². The molecule has 0 saturated carbocycles. The summed E-state index contributed by atoms with van der Waals surface area (Å²) >= 11 is 0. The lowest BCUT2D eigenvalue weighted by Gasteiger charge is -2.17. The molecule has 0 spiro atoms. The maximum absolute atomic E-state index is 11.9. The molecule has 0 fully saturated rings. The average molecular weight is 263 g/mol. The number of likely N-dealkylation sites (N-methyl/N-ethyl adjacent to an activating group) is 1. The highest BCUT2D eigenvalue weighted by atomic mass is 16.2. The van der Waals surface area contributed by atoms with Gasteiger partial charge in [-0.05, 0) is 50.6 Å². The van der Waals surface area contributed by atoms with Crippen LogP contribution in [0.4, 0.5) is 11.4 Å². The molecule has 1 aromatic rings. The first kappa shape index (κ1) is 15.5.